The van der Waals surface area contributed by atoms with E-state index in [0.29, 0.717) is 24.4 Å². The van der Waals surface area contributed by atoms with Crippen molar-refractivity contribution in [1.29, 1.82) is 0 Å². The number of nitrogens with zero attached hydrogens (tertiary/aromatic N) is 2. The molecule has 1 saturated carbocycles. The van der Waals surface area contributed by atoms with Gasteiger partial charge in [0.05, 0.1) is 36.3 Å². The maximum atomic E-state index is 15.0. The zero-order chi connectivity index (χ0) is 22.0. The molecule has 1 saturated heterocycles. The summed E-state index contributed by atoms with van der Waals surface area (Å²) in [6.07, 6.45) is 6.27. The largest absolute Gasteiger partial charge is 0.380 e. The number of halogens is 1. The zero-order valence-corrected chi connectivity index (χ0v) is 18.4. The Morgan fingerprint density at radius 2 is 1.77 bits per heavy atom. The summed E-state index contributed by atoms with van der Waals surface area (Å²) in [6.45, 7) is 4.88. The van der Waals surface area contributed by atoms with E-state index in [1.165, 1.54) is 12.5 Å². The number of fused-ring (bicyclic) bond motifs is 1. The lowest BCUT2D eigenvalue weighted by Gasteiger charge is -2.25. The maximum Gasteiger partial charge on any atom is 0.331 e. The van der Waals surface area contributed by atoms with E-state index in [1.54, 1.807) is 10.6 Å². The molecule has 1 aliphatic carbocycles. The second-order valence-corrected chi connectivity index (χ2v) is 8.54. The van der Waals surface area contributed by atoms with Crippen LogP contribution in [0.1, 0.15) is 64.8 Å². The fraction of sp³-hybridized carbons (Fsp3) is 0.652. The molecule has 31 heavy (non-hydrogen) atoms. The predicted octanol–water partition coefficient (Wildman–Crippen LogP) is 3.78. The van der Waals surface area contributed by atoms with Crippen LogP contribution in [0.4, 0.5) is 10.1 Å². The van der Waals surface area contributed by atoms with Gasteiger partial charge in [-0.25, -0.2) is 9.18 Å². The summed E-state index contributed by atoms with van der Waals surface area (Å²) in [5, 5.41) is 3.52. The summed E-state index contributed by atoms with van der Waals surface area (Å²) in [6, 6.07) is 3.03. The number of aromatic nitrogens is 2. The van der Waals surface area contributed by atoms with Crippen LogP contribution in [-0.4, -0.2) is 34.7 Å². The number of ether oxygens (including phenoxy) is 2. The number of hydrogen-bond donors (Lipinski definition) is 1. The van der Waals surface area contributed by atoms with Crippen molar-refractivity contribution in [2.75, 3.05) is 18.5 Å². The van der Waals surface area contributed by atoms with Crippen LogP contribution in [0.5, 0.6) is 0 Å². The summed E-state index contributed by atoms with van der Waals surface area (Å²) < 4.78 is 28.7. The summed E-state index contributed by atoms with van der Waals surface area (Å²) in [5.74, 6) is -0.468. The first-order chi connectivity index (χ1) is 15.0. The van der Waals surface area contributed by atoms with Gasteiger partial charge in [-0.2, -0.15) is 0 Å². The van der Waals surface area contributed by atoms with Crippen molar-refractivity contribution in [2.45, 2.75) is 83.7 Å². The number of hydrogen-bond acceptors (Lipinski definition) is 5. The average molecular weight is 434 g/mol. The lowest BCUT2D eigenvalue weighted by molar-refractivity contribution is -0.0539. The molecule has 2 aromatic rings. The van der Waals surface area contributed by atoms with Crippen molar-refractivity contribution in [1.82, 2.24) is 9.13 Å². The number of rotatable bonds is 7. The third kappa shape index (κ3) is 4.41. The summed E-state index contributed by atoms with van der Waals surface area (Å²) in [4.78, 5) is 26.6. The molecule has 170 valence electrons. The molecule has 4 rings (SSSR count). The summed E-state index contributed by atoms with van der Waals surface area (Å²) in [7, 11) is 0. The van der Waals surface area contributed by atoms with Crippen LogP contribution in [0.2, 0.25) is 0 Å². The van der Waals surface area contributed by atoms with E-state index in [1.807, 2.05) is 13.8 Å². The molecule has 1 N–H and O–H groups in total. The van der Waals surface area contributed by atoms with Crippen LogP contribution in [0.3, 0.4) is 0 Å². The molecule has 1 aromatic carbocycles. The predicted molar refractivity (Wildman–Crippen MR) is 118 cm³/mol. The molecule has 2 fully saturated rings. The first kappa shape index (κ1) is 22.0. The van der Waals surface area contributed by atoms with Crippen molar-refractivity contribution in [3.8, 4) is 0 Å². The fourth-order valence-electron chi connectivity index (χ4n) is 4.80. The smallest absolute Gasteiger partial charge is 0.331 e. The molecular weight excluding hydrogens is 401 g/mol. The van der Waals surface area contributed by atoms with E-state index in [4.69, 9.17) is 9.47 Å². The molecule has 0 atom stereocenters. The van der Waals surface area contributed by atoms with Gasteiger partial charge in [0.1, 0.15) is 5.82 Å². The van der Waals surface area contributed by atoms with Gasteiger partial charge in [-0.3, -0.25) is 13.9 Å². The third-order valence-electron chi connectivity index (χ3n) is 6.55. The lowest BCUT2D eigenvalue weighted by atomic mass is 9.95. The van der Waals surface area contributed by atoms with Gasteiger partial charge in [0.25, 0.3) is 5.56 Å². The quantitative estimate of drug-likeness (QED) is 0.719. The highest BCUT2D eigenvalue weighted by molar-refractivity contribution is 5.82. The minimum atomic E-state index is -0.643. The molecule has 0 amide bonds. The van der Waals surface area contributed by atoms with Crippen LogP contribution in [0, 0.1) is 5.82 Å². The minimum absolute atomic E-state index is 0.00253. The Morgan fingerprint density at radius 1 is 1.10 bits per heavy atom. The van der Waals surface area contributed by atoms with Gasteiger partial charge in [0, 0.05) is 12.1 Å². The molecule has 0 bridgehead atoms. The Kier molecular flexibility index (Phi) is 6.77. The van der Waals surface area contributed by atoms with E-state index >= 15 is 4.39 Å². The molecule has 0 spiro atoms. The highest BCUT2D eigenvalue weighted by atomic mass is 19.1. The van der Waals surface area contributed by atoms with Gasteiger partial charge in [0.2, 0.25) is 0 Å². The van der Waals surface area contributed by atoms with E-state index in [-0.39, 0.29) is 24.0 Å². The Balaban J connectivity index is 1.85. The fourth-order valence-corrected chi connectivity index (χ4v) is 4.80. The number of anilines is 1. The van der Waals surface area contributed by atoms with Crippen molar-refractivity contribution >= 4 is 16.6 Å². The standard InChI is InChI=1S/C23H32FN3O4/c1-3-16(4-2)27-20-13-19(25-15-8-6-5-7-9-15)18(24)12-17(20)22(28)26(23(27)29)14-21-30-10-11-31-21/h12-13,15-16,21,25H,3-11,14H2,1-2H3. The molecule has 8 heteroatoms. The van der Waals surface area contributed by atoms with E-state index in [2.05, 4.69) is 5.32 Å². The third-order valence-corrected chi connectivity index (χ3v) is 6.55. The van der Waals surface area contributed by atoms with Crippen LogP contribution in [0.25, 0.3) is 10.9 Å². The minimum Gasteiger partial charge on any atom is -0.380 e. The molecular formula is C23H32FN3O4. The molecule has 2 heterocycles. The maximum absolute atomic E-state index is 15.0. The second kappa shape index (κ2) is 9.53. The van der Waals surface area contributed by atoms with Gasteiger partial charge < -0.3 is 14.8 Å². The van der Waals surface area contributed by atoms with Gasteiger partial charge in [-0.1, -0.05) is 33.1 Å². The SMILES string of the molecule is CCC(CC)n1c(=O)n(CC2OCCO2)c(=O)c2cc(F)c(NC3CCCCC3)cc21. The molecule has 1 aromatic heterocycles. The second-order valence-electron chi connectivity index (χ2n) is 8.54. The molecule has 0 unspecified atom stereocenters. The van der Waals surface area contributed by atoms with E-state index < -0.39 is 23.4 Å². The average Bonchev–Trinajstić information content (AvgIpc) is 3.29. The van der Waals surface area contributed by atoms with Crippen LogP contribution >= 0.6 is 0 Å². The van der Waals surface area contributed by atoms with Crippen molar-refractivity contribution in [3.05, 3.63) is 38.8 Å². The first-order valence-electron chi connectivity index (χ1n) is 11.5. The van der Waals surface area contributed by atoms with Gasteiger partial charge >= 0.3 is 5.69 Å². The topological polar surface area (TPSA) is 74.5 Å². The first-order valence-corrected chi connectivity index (χ1v) is 11.5. The lowest BCUT2D eigenvalue weighted by Crippen LogP contribution is -2.43. The monoisotopic (exact) mass is 433 g/mol. The zero-order valence-electron chi connectivity index (χ0n) is 18.4. The van der Waals surface area contributed by atoms with Crippen molar-refractivity contribution in [3.63, 3.8) is 0 Å². The van der Waals surface area contributed by atoms with Gasteiger partial charge in [0.15, 0.2) is 6.29 Å². The van der Waals surface area contributed by atoms with E-state index in [0.717, 1.165) is 43.1 Å². The highest BCUT2D eigenvalue weighted by Crippen LogP contribution is 2.27. The van der Waals surface area contributed by atoms with E-state index in [9.17, 15) is 9.59 Å². The highest BCUT2D eigenvalue weighted by Gasteiger charge is 2.24. The Morgan fingerprint density at radius 3 is 2.42 bits per heavy atom. The van der Waals surface area contributed by atoms with Crippen molar-refractivity contribution < 1.29 is 13.9 Å². The Labute approximate surface area is 181 Å². The molecule has 2 aliphatic rings. The van der Waals surface area contributed by atoms with Crippen molar-refractivity contribution in [2.24, 2.45) is 0 Å². The number of nitrogens with one attached hydrogen (secondary N) is 1. The molecule has 1 aliphatic heterocycles. The summed E-state index contributed by atoms with van der Waals surface area (Å²) in [5.41, 5.74) is -0.0732. The van der Waals surface area contributed by atoms with Crippen LogP contribution in [0.15, 0.2) is 21.7 Å². The Hall–Kier alpha value is -2.19. The van der Waals surface area contributed by atoms with Crippen LogP contribution in [-0.2, 0) is 16.0 Å². The summed E-state index contributed by atoms with van der Waals surface area (Å²) >= 11 is 0. The van der Waals surface area contributed by atoms with Crippen LogP contribution < -0.4 is 16.6 Å². The number of benzene rings is 1. The van der Waals surface area contributed by atoms with Gasteiger partial charge in [-0.15, -0.1) is 0 Å². The normalized spacial score (nSPS) is 18.3. The molecule has 7 nitrogen and oxygen atoms in total. The Bertz CT molecular complexity index is 1030. The van der Waals surface area contributed by atoms with Gasteiger partial charge in [-0.05, 0) is 37.8 Å². The molecule has 0 radical (unpaired) electrons.